The Morgan fingerprint density at radius 1 is 1.10 bits per heavy atom. The van der Waals surface area contributed by atoms with Gasteiger partial charge in [-0.25, -0.2) is 9.97 Å². The third-order valence-corrected chi connectivity index (χ3v) is 7.16. The Kier molecular flexibility index (Phi) is 6.61. The minimum atomic E-state index is -0.0844. The molecule has 0 saturated carbocycles. The fourth-order valence-electron chi connectivity index (χ4n) is 2.60. The smallest absolute Gasteiger partial charge is 0.236 e. The first-order valence-corrected chi connectivity index (χ1v) is 11.8. The number of thiazole rings is 2. The van der Waals surface area contributed by atoms with Crippen LogP contribution in [0.5, 0.6) is 0 Å². The molecule has 0 radical (unpaired) electrons. The third-order valence-electron chi connectivity index (χ3n) is 3.97. The molecule has 0 spiro atoms. The van der Waals surface area contributed by atoms with Gasteiger partial charge in [0.2, 0.25) is 5.91 Å². The highest BCUT2D eigenvalue weighted by molar-refractivity contribution is 8.01. The van der Waals surface area contributed by atoms with Crippen molar-refractivity contribution in [1.82, 2.24) is 9.97 Å². The normalized spacial score (nSPS) is 10.8. The lowest BCUT2D eigenvalue weighted by molar-refractivity contribution is -0.113. The number of nitrogens with one attached hydrogen (secondary N) is 1. The zero-order valence-electron chi connectivity index (χ0n) is 15.2. The summed E-state index contributed by atoms with van der Waals surface area (Å²) in [6.07, 6.45) is 2.57. The maximum absolute atomic E-state index is 12.3. The summed E-state index contributed by atoms with van der Waals surface area (Å²) in [5.41, 5.74) is 3.17. The number of benzene rings is 2. The van der Waals surface area contributed by atoms with E-state index in [-0.39, 0.29) is 5.91 Å². The molecule has 29 heavy (non-hydrogen) atoms. The quantitative estimate of drug-likeness (QED) is 0.333. The van der Waals surface area contributed by atoms with Gasteiger partial charge in [-0.05, 0) is 17.7 Å². The second-order valence-electron chi connectivity index (χ2n) is 6.14. The van der Waals surface area contributed by atoms with Crippen LogP contribution < -0.4 is 5.32 Å². The summed E-state index contributed by atoms with van der Waals surface area (Å²) in [5.74, 6) is 0.215. The molecule has 4 nitrogen and oxygen atoms in total. The highest BCUT2D eigenvalue weighted by atomic mass is 35.5. The van der Waals surface area contributed by atoms with E-state index in [2.05, 4.69) is 15.3 Å². The number of carbonyl (C=O) groups is 1. The van der Waals surface area contributed by atoms with Gasteiger partial charge in [0.05, 0.1) is 11.4 Å². The summed E-state index contributed by atoms with van der Waals surface area (Å²) >= 11 is 10.4. The first kappa shape index (κ1) is 20.1. The topological polar surface area (TPSA) is 54.9 Å². The van der Waals surface area contributed by atoms with Crippen LogP contribution in [-0.4, -0.2) is 21.6 Å². The largest absolute Gasteiger partial charge is 0.301 e. The van der Waals surface area contributed by atoms with Crippen LogP contribution in [0.15, 0.2) is 70.5 Å². The van der Waals surface area contributed by atoms with Crippen molar-refractivity contribution in [2.45, 2.75) is 10.8 Å². The number of hydrogen-bond acceptors (Lipinski definition) is 6. The molecule has 0 aliphatic carbocycles. The van der Waals surface area contributed by atoms with Gasteiger partial charge in [0.15, 0.2) is 9.47 Å². The zero-order valence-corrected chi connectivity index (χ0v) is 18.4. The van der Waals surface area contributed by atoms with Crippen molar-refractivity contribution in [3.63, 3.8) is 0 Å². The molecule has 0 aliphatic heterocycles. The van der Waals surface area contributed by atoms with Crippen LogP contribution in [0.4, 0.5) is 5.13 Å². The highest BCUT2D eigenvalue weighted by Crippen LogP contribution is 2.28. The van der Waals surface area contributed by atoms with Crippen LogP contribution in [0.1, 0.15) is 10.4 Å². The molecule has 0 saturated heterocycles. The predicted molar refractivity (Wildman–Crippen MR) is 123 cm³/mol. The Morgan fingerprint density at radius 3 is 2.69 bits per heavy atom. The Bertz CT molecular complexity index is 1090. The number of anilines is 1. The molecular weight excluding hydrogens is 442 g/mol. The van der Waals surface area contributed by atoms with Crippen LogP contribution in [-0.2, 0) is 11.2 Å². The van der Waals surface area contributed by atoms with Crippen molar-refractivity contribution in [2.24, 2.45) is 0 Å². The van der Waals surface area contributed by atoms with Crippen LogP contribution in [0, 0.1) is 0 Å². The van der Waals surface area contributed by atoms with Crippen molar-refractivity contribution in [1.29, 1.82) is 0 Å². The van der Waals surface area contributed by atoms with Gasteiger partial charge in [-0.1, -0.05) is 65.8 Å². The average molecular weight is 458 g/mol. The number of thioether (sulfide) groups is 1. The lowest BCUT2D eigenvalue weighted by Crippen LogP contribution is -2.13. The highest BCUT2D eigenvalue weighted by Gasteiger charge is 2.10. The van der Waals surface area contributed by atoms with Gasteiger partial charge in [-0.15, -0.1) is 22.7 Å². The van der Waals surface area contributed by atoms with E-state index in [1.807, 2.05) is 60.0 Å². The molecule has 1 N–H and O–H groups in total. The number of hydrogen-bond donors (Lipinski definition) is 1. The molecule has 1 amide bonds. The second-order valence-corrected chi connectivity index (χ2v) is 9.77. The van der Waals surface area contributed by atoms with Gasteiger partial charge < -0.3 is 5.32 Å². The molecule has 0 atom stereocenters. The fraction of sp³-hybridized carbons (Fsp3) is 0.0952. The number of aromatic nitrogens is 2. The van der Waals surface area contributed by atoms with Gasteiger partial charge in [0.25, 0.3) is 0 Å². The Labute approximate surface area is 186 Å². The molecule has 4 rings (SSSR count). The lowest BCUT2D eigenvalue weighted by Gasteiger charge is -2.00. The summed E-state index contributed by atoms with van der Waals surface area (Å²) in [6.45, 7) is 0. The predicted octanol–water partition coefficient (Wildman–Crippen LogP) is 6.24. The molecule has 2 aromatic carbocycles. The van der Waals surface area contributed by atoms with Crippen LogP contribution in [0.25, 0.3) is 11.3 Å². The van der Waals surface area contributed by atoms with Crippen molar-refractivity contribution in [3.05, 3.63) is 81.6 Å². The van der Waals surface area contributed by atoms with E-state index >= 15 is 0 Å². The molecule has 0 unspecified atom stereocenters. The third kappa shape index (κ3) is 5.67. The number of amides is 1. The molecule has 4 aromatic rings. The molecule has 0 bridgehead atoms. The Balaban J connectivity index is 1.28. The molecule has 146 valence electrons. The average Bonchev–Trinajstić information content (AvgIpc) is 3.38. The van der Waals surface area contributed by atoms with E-state index in [0.29, 0.717) is 10.9 Å². The number of rotatable bonds is 7. The van der Waals surface area contributed by atoms with E-state index < -0.39 is 0 Å². The lowest BCUT2D eigenvalue weighted by atomic mass is 10.1. The van der Waals surface area contributed by atoms with Crippen molar-refractivity contribution in [3.8, 4) is 11.3 Å². The second kappa shape index (κ2) is 9.54. The maximum atomic E-state index is 12.3. The van der Waals surface area contributed by atoms with Gasteiger partial charge in [-0.2, -0.15) is 0 Å². The van der Waals surface area contributed by atoms with Gasteiger partial charge in [-0.3, -0.25) is 4.79 Å². The first-order chi connectivity index (χ1) is 14.2. The number of halogens is 1. The van der Waals surface area contributed by atoms with E-state index in [1.165, 1.54) is 23.1 Å². The minimum Gasteiger partial charge on any atom is -0.301 e. The summed E-state index contributed by atoms with van der Waals surface area (Å²) in [7, 11) is 0. The maximum Gasteiger partial charge on any atom is 0.236 e. The standard InChI is InChI=1S/C21H16ClN3OS3/c22-16-8-6-14(7-9-16)10-17-11-23-20(29-17)25-19(26)13-28-21-24-18(12-27-21)15-4-2-1-3-5-15/h1-9,11-12H,10,13H2,(H,23,25,26). The summed E-state index contributed by atoms with van der Waals surface area (Å²) in [5, 5.41) is 6.22. The first-order valence-electron chi connectivity index (χ1n) is 8.78. The van der Waals surface area contributed by atoms with Crippen molar-refractivity contribution >= 4 is 57.1 Å². The van der Waals surface area contributed by atoms with Crippen LogP contribution in [0.3, 0.4) is 0 Å². The number of nitrogens with zero attached hydrogens (tertiary/aromatic N) is 2. The summed E-state index contributed by atoms with van der Waals surface area (Å²) < 4.78 is 0.876. The summed E-state index contributed by atoms with van der Waals surface area (Å²) in [6, 6.07) is 17.8. The van der Waals surface area contributed by atoms with Gasteiger partial charge in [0, 0.05) is 33.5 Å². The Hall–Kier alpha value is -2.19. The number of carbonyl (C=O) groups excluding carboxylic acids is 1. The molecular formula is C21H16ClN3OS3. The van der Waals surface area contributed by atoms with Gasteiger partial charge in [0.1, 0.15) is 0 Å². The monoisotopic (exact) mass is 457 g/mol. The minimum absolute atomic E-state index is 0.0844. The molecule has 0 aliphatic rings. The van der Waals surface area contributed by atoms with Crippen molar-refractivity contribution in [2.75, 3.05) is 11.1 Å². The molecule has 2 aromatic heterocycles. The molecule has 2 heterocycles. The molecule has 0 fully saturated rings. The van der Waals surface area contributed by atoms with Crippen LogP contribution >= 0.6 is 46.0 Å². The fourth-order valence-corrected chi connectivity index (χ4v) is 5.22. The van der Waals surface area contributed by atoms with E-state index in [1.54, 1.807) is 17.5 Å². The Morgan fingerprint density at radius 2 is 1.90 bits per heavy atom. The zero-order chi connectivity index (χ0) is 20.1. The van der Waals surface area contributed by atoms with Crippen molar-refractivity contribution < 1.29 is 4.79 Å². The SMILES string of the molecule is O=C(CSc1nc(-c2ccccc2)cs1)Nc1ncc(Cc2ccc(Cl)cc2)s1. The summed E-state index contributed by atoms with van der Waals surface area (Å²) in [4.78, 5) is 22.3. The van der Waals surface area contributed by atoms with E-state index in [0.717, 1.165) is 37.5 Å². The van der Waals surface area contributed by atoms with E-state index in [9.17, 15) is 4.79 Å². The molecule has 8 heteroatoms. The van der Waals surface area contributed by atoms with Gasteiger partial charge >= 0.3 is 0 Å². The van der Waals surface area contributed by atoms with Crippen LogP contribution in [0.2, 0.25) is 5.02 Å². The van der Waals surface area contributed by atoms with E-state index in [4.69, 9.17) is 11.6 Å².